The molecule has 3 aromatic rings. The molecular formula is C24H25N5O2. The fraction of sp³-hybridized carbons (Fsp3) is 0.250. The molecule has 0 fully saturated rings. The summed E-state index contributed by atoms with van der Waals surface area (Å²) in [6, 6.07) is 18.9. The average Bonchev–Trinajstić information content (AvgIpc) is 2.80. The number of aromatic amines is 1. The van der Waals surface area contributed by atoms with E-state index in [-0.39, 0.29) is 11.5 Å². The van der Waals surface area contributed by atoms with Crippen LogP contribution in [-0.4, -0.2) is 22.8 Å². The van der Waals surface area contributed by atoms with Gasteiger partial charge in [-0.05, 0) is 17.5 Å². The van der Waals surface area contributed by atoms with Gasteiger partial charge in [-0.2, -0.15) is 10.4 Å². The molecule has 0 bridgehead atoms. The van der Waals surface area contributed by atoms with Crippen molar-refractivity contribution in [2.24, 2.45) is 5.10 Å². The number of benzene rings is 2. The smallest absolute Gasteiger partial charge is 0.270 e. The predicted octanol–water partition coefficient (Wildman–Crippen LogP) is 4.46. The highest BCUT2D eigenvalue weighted by Crippen LogP contribution is 2.19. The first-order chi connectivity index (χ1) is 15.2. The van der Waals surface area contributed by atoms with Crippen LogP contribution in [0, 0.1) is 11.3 Å². The Bertz CT molecular complexity index is 1100. The molecule has 31 heavy (non-hydrogen) atoms. The Morgan fingerprint density at radius 3 is 2.65 bits per heavy atom. The number of unbranched alkanes of at least 4 members (excludes halogenated alkanes) is 2. The number of hydrazone groups is 1. The number of anilines is 1. The van der Waals surface area contributed by atoms with E-state index in [4.69, 9.17) is 4.74 Å². The fourth-order valence-electron chi connectivity index (χ4n) is 2.95. The van der Waals surface area contributed by atoms with Gasteiger partial charge in [0.2, 0.25) is 5.95 Å². The zero-order valence-corrected chi connectivity index (χ0v) is 17.5. The van der Waals surface area contributed by atoms with E-state index >= 15 is 0 Å². The van der Waals surface area contributed by atoms with Gasteiger partial charge in [0.25, 0.3) is 5.56 Å². The Morgan fingerprint density at radius 1 is 1.16 bits per heavy atom. The van der Waals surface area contributed by atoms with E-state index in [9.17, 15) is 10.1 Å². The van der Waals surface area contributed by atoms with Gasteiger partial charge in [0.15, 0.2) is 0 Å². The summed E-state index contributed by atoms with van der Waals surface area (Å²) in [5.41, 5.74) is 5.17. The van der Waals surface area contributed by atoms with E-state index in [1.807, 2.05) is 48.5 Å². The quantitative estimate of drug-likeness (QED) is 0.289. The molecule has 7 heteroatoms. The summed E-state index contributed by atoms with van der Waals surface area (Å²) in [7, 11) is 0. The molecule has 0 aliphatic heterocycles. The monoisotopic (exact) mass is 415 g/mol. The van der Waals surface area contributed by atoms with Crippen molar-refractivity contribution in [2.75, 3.05) is 12.0 Å². The first-order valence-corrected chi connectivity index (χ1v) is 10.3. The molecule has 158 valence electrons. The van der Waals surface area contributed by atoms with Crippen molar-refractivity contribution in [1.82, 2.24) is 9.97 Å². The van der Waals surface area contributed by atoms with E-state index < -0.39 is 5.56 Å². The third kappa shape index (κ3) is 6.36. The van der Waals surface area contributed by atoms with Gasteiger partial charge >= 0.3 is 0 Å². The second kappa shape index (κ2) is 11.4. The zero-order chi connectivity index (χ0) is 21.9. The molecule has 0 amide bonds. The van der Waals surface area contributed by atoms with Crippen molar-refractivity contribution in [1.29, 1.82) is 5.26 Å². The summed E-state index contributed by atoms with van der Waals surface area (Å²) in [5.74, 6) is 0.163. The molecule has 0 unspecified atom stereocenters. The van der Waals surface area contributed by atoms with Crippen LogP contribution in [0.25, 0.3) is 11.3 Å². The van der Waals surface area contributed by atoms with Gasteiger partial charge in [0, 0.05) is 12.2 Å². The highest BCUT2D eigenvalue weighted by atomic mass is 16.5. The lowest BCUT2D eigenvalue weighted by Crippen LogP contribution is -2.16. The van der Waals surface area contributed by atoms with Crippen LogP contribution in [0.4, 0.5) is 5.95 Å². The van der Waals surface area contributed by atoms with E-state index in [1.165, 1.54) is 12.8 Å². The van der Waals surface area contributed by atoms with Crippen LogP contribution in [0.15, 0.2) is 64.5 Å². The maximum absolute atomic E-state index is 12.3. The average molecular weight is 415 g/mol. The van der Waals surface area contributed by atoms with Crippen LogP contribution in [0.2, 0.25) is 0 Å². The van der Waals surface area contributed by atoms with Crippen LogP contribution >= 0.6 is 0 Å². The molecule has 0 aliphatic rings. The summed E-state index contributed by atoms with van der Waals surface area (Å²) in [6.45, 7) is 3.55. The molecule has 0 aliphatic carbocycles. The van der Waals surface area contributed by atoms with E-state index in [2.05, 4.69) is 27.4 Å². The molecule has 3 rings (SSSR count). The van der Waals surface area contributed by atoms with Crippen molar-refractivity contribution in [3.63, 3.8) is 0 Å². The highest BCUT2D eigenvalue weighted by Gasteiger charge is 2.12. The number of hydrogen-bond acceptors (Lipinski definition) is 6. The fourth-order valence-corrected chi connectivity index (χ4v) is 2.95. The van der Waals surface area contributed by atoms with Crippen LogP contribution in [0.5, 0.6) is 0 Å². The normalized spacial score (nSPS) is 10.8. The van der Waals surface area contributed by atoms with E-state index in [1.54, 1.807) is 18.3 Å². The molecule has 7 nitrogen and oxygen atoms in total. The molecule has 0 saturated carbocycles. The number of ether oxygens (including phenoxy) is 1. The third-order valence-electron chi connectivity index (χ3n) is 4.60. The number of H-pyrrole nitrogens is 1. The highest BCUT2D eigenvalue weighted by molar-refractivity contribution is 5.80. The molecular weight excluding hydrogens is 390 g/mol. The lowest BCUT2D eigenvalue weighted by atomic mass is 10.1. The third-order valence-corrected chi connectivity index (χ3v) is 4.60. The second-order valence-electron chi connectivity index (χ2n) is 6.99. The maximum Gasteiger partial charge on any atom is 0.270 e. The number of rotatable bonds is 10. The molecule has 2 aromatic carbocycles. The van der Waals surface area contributed by atoms with Gasteiger partial charge in [0.1, 0.15) is 11.6 Å². The Morgan fingerprint density at radius 2 is 1.94 bits per heavy atom. The van der Waals surface area contributed by atoms with Gasteiger partial charge in [-0.25, -0.2) is 10.4 Å². The second-order valence-corrected chi connectivity index (χ2v) is 6.99. The van der Waals surface area contributed by atoms with E-state index in [0.717, 1.165) is 24.2 Å². The minimum Gasteiger partial charge on any atom is -0.377 e. The first-order valence-electron chi connectivity index (χ1n) is 10.3. The molecule has 0 spiro atoms. The van der Waals surface area contributed by atoms with Crippen LogP contribution < -0.4 is 11.0 Å². The molecule has 0 radical (unpaired) electrons. The van der Waals surface area contributed by atoms with Crippen molar-refractivity contribution in [3.8, 4) is 17.3 Å². The Balaban J connectivity index is 1.64. The predicted molar refractivity (Wildman–Crippen MR) is 122 cm³/mol. The Hall–Kier alpha value is -3.76. The van der Waals surface area contributed by atoms with Gasteiger partial charge in [-0.15, -0.1) is 0 Å². The lowest BCUT2D eigenvalue weighted by Gasteiger charge is -2.06. The SMILES string of the molecule is CCCCCOCc1ccc(C=NNc2nc(-c3ccccc3)c(C#N)c(=O)[nH]2)cc1. The van der Waals surface area contributed by atoms with Gasteiger partial charge in [0.05, 0.1) is 18.5 Å². The van der Waals surface area contributed by atoms with Crippen molar-refractivity contribution < 1.29 is 4.74 Å². The molecule has 2 N–H and O–H groups in total. The molecule has 0 saturated heterocycles. The van der Waals surface area contributed by atoms with Crippen LogP contribution in [0.3, 0.4) is 0 Å². The maximum atomic E-state index is 12.3. The Kier molecular flexibility index (Phi) is 8.09. The van der Waals surface area contributed by atoms with Crippen LogP contribution in [0.1, 0.15) is 42.9 Å². The van der Waals surface area contributed by atoms with Gasteiger partial charge in [-0.1, -0.05) is 74.4 Å². The van der Waals surface area contributed by atoms with Crippen molar-refractivity contribution in [3.05, 3.63) is 81.6 Å². The van der Waals surface area contributed by atoms with Gasteiger partial charge < -0.3 is 4.74 Å². The van der Waals surface area contributed by atoms with Crippen LogP contribution in [-0.2, 0) is 11.3 Å². The zero-order valence-electron chi connectivity index (χ0n) is 17.5. The Labute approximate surface area is 181 Å². The summed E-state index contributed by atoms with van der Waals surface area (Å²) in [5, 5.41) is 13.5. The summed E-state index contributed by atoms with van der Waals surface area (Å²) >= 11 is 0. The minimum atomic E-state index is -0.516. The number of nitrogens with one attached hydrogen (secondary N) is 2. The number of nitriles is 1. The number of aromatic nitrogens is 2. The van der Waals surface area contributed by atoms with Crippen molar-refractivity contribution in [2.45, 2.75) is 32.8 Å². The summed E-state index contributed by atoms with van der Waals surface area (Å²) in [6.07, 6.45) is 5.09. The van der Waals surface area contributed by atoms with E-state index in [0.29, 0.717) is 17.9 Å². The molecule has 1 heterocycles. The summed E-state index contributed by atoms with van der Waals surface area (Å²) in [4.78, 5) is 19.2. The number of hydrogen-bond donors (Lipinski definition) is 2. The number of nitrogens with zero attached hydrogens (tertiary/aromatic N) is 3. The largest absolute Gasteiger partial charge is 0.377 e. The molecule has 1 aromatic heterocycles. The first kappa shape index (κ1) is 21.9. The topological polar surface area (TPSA) is 103 Å². The molecule has 0 atom stereocenters. The summed E-state index contributed by atoms with van der Waals surface area (Å²) < 4.78 is 5.67. The minimum absolute atomic E-state index is 0.0340. The standard InChI is InChI=1S/C24H25N5O2/c1-2-3-7-14-31-17-19-12-10-18(11-13-19)16-26-29-24-27-22(20-8-5-4-6-9-20)21(15-25)23(30)28-24/h4-6,8-13,16H,2-3,7,14,17H2,1H3,(H2,27,28,29,30). The lowest BCUT2D eigenvalue weighted by molar-refractivity contribution is 0.117. The van der Waals surface area contributed by atoms with Crippen molar-refractivity contribution >= 4 is 12.2 Å². The van der Waals surface area contributed by atoms with Gasteiger partial charge in [-0.3, -0.25) is 9.78 Å².